The third-order valence-corrected chi connectivity index (χ3v) is 4.66. The van der Waals surface area contributed by atoms with E-state index in [2.05, 4.69) is 6.58 Å². The lowest BCUT2D eigenvalue weighted by Gasteiger charge is -2.29. The van der Waals surface area contributed by atoms with Crippen LogP contribution in [0.5, 0.6) is 0 Å². The average Bonchev–Trinajstić information content (AvgIpc) is 2.60. The van der Waals surface area contributed by atoms with Crippen LogP contribution in [0.3, 0.4) is 0 Å². The zero-order valence-corrected chi connectivity index (χ0v) is 18.2. The molecule has 0 aromatic carbocycles. The second-order valence-electron chi connectivity index (χ2n) is 6.76. The zero-order valence-electron chi connectivity index (χ0n) is 17.5. The van der Waals surface area contributed by atoms with Crippen molar-refractivity contribution < 1.29 is 24.1 Å². The van der Waals surface area contributed by atoms with E-state index in [1.165, 1.54) is 7.11 Å². The lowest BCUT2D eigenvalue weighted by Crippen LogP contribution is -2.31. The van der Waals surface area contributed by atoms with Gasteiger partial charge in [0.05, 0.1) is 6.10 Å². The monoisotopic (exact) mass is 415 g/mol. The largest absolute Gasteiger partial charge is 0.384 e. The van der Waals surface area contributed by atoms with Gasteiger partial charge in [-0.2, -0.15) is 0 Å². The molecule has 3 N–H and O–H groups in total. The molecule has 1 aliphatic carbocycles. The molecule has 1 aliphatic rings. The molecule has 28 heavy (non-hydrogen) atoms. The molecule has 5 unspecified atom stereocenters. The summed E-state index contributed by atoms with van der Waals surface area (Å²) in [4.78, 5) is 0. The maximum Gasteiger partial charge on any atom is 0.155 e. The topological polar surface area (TPSA) is 83.2 Å². The van der Waals surface area contributed by atoms with Crippen molar-refractivity contribution in [2.75, 3.05) is 20.5 Å². The highest BCUT2D eigenvalue weighted by molar-refractivity contribution is 6.20. The number of rotatable bonds is 12. The molecular weight excluding hydrogens is 382 g/mol. The molecule has 0 aromatic heterocycles. The Morgan fingerprint density at radius 2 is 2.11 bits per heavy atom. The fourth-order valence-corrected chi connectivity index (χ4v) is 3.28. The minimum Gasteiger partial charge on any atom is -0.384 e. The predicted octanol–water partition coefficient (Wildman–Crippen LogP) is 3.41. The number of methoxy groups -OCH3 is 1. The summed E-state index contributed by atoms with van der Waals surface area (Å²) in [6.07, 6.45) is 4.30. The number of nitrogens with two attached hydrogens (primary N) is 1. The van der Waals surface area contributed by atoms with Crippen molar-refractivity contribution in [2.24, 2.45) is 5.73 Å². The Morgan fingerprint density at radius 3 is 2.64 bits per heavy atom. The Labute approximate surface area is 173 Å². The van der Waals surface area contributed by atoms with Crippen molar-refractivity contribution in [3.63, 3.8) is 0 Å². The van der Waals surface area contributed by atoms with E-state index in [4.69, 9.17) is 36.3 Å². The van der Waals surface area contributed by atoms with Crippen LogP contribution in [0.4, 0.5) is 0 Å². The molecule has 7 heteroatoms. The minimum absolute atomic E-state index is 0.0676. The Hall–Kier alpha value is -0.990. The first kappa shape index (κ1) is 25.0. The van der Waals surface area contributed by atoms with Gasteiger partial charge in [-0.05, 0) is 50.8 Å². The Morgan fingerprint density at radius 1 is 1.43 bits per heavy atom. The van der Waals surface area contributed by atoms with Crippen LogP contribution < -0.4 is 5.73 Å². The maximum absolute atomic E-state index is 10.8. The highest BCUT2D eigenvalue weighted by atomic mass is 35.5. The first-order valence-electron chi connectivity index (χ1n) is 9.41. The van der Waals surface area contributed by atoms with Crippen LogP contribution in [0.25, 0.3) is 0 Å². The average molecular weight is 416 g/mol. The standard InChI is InChI=1S/C21H34ClNO5/c1-7-26-16(5)28-17-10-14(3)19(15(4)11-17)20(24)13(2)8-9-18(21(22)23)27-12-25-6/h8-10,16-18,20-21,24H,2,7,11-12,23H2,1,3-6H3/b9-8-. The highest BCUT2D eigenvalue weighted by Gasteiger charge is 2.25. The van der Waals surface area contributed by atoms with Crippen molar-refractivity contribution in [2.45, 2.75) is 64.2 Å². The van der Waals surface area contributed by atoms with Gasteiger partial charge in [-0.1, -0.05) is 30.4 Å². The molecule has 0 aromatic rings. The lowest BCUT2D eigenvalue weighted by atomic mass is 9.85. The van der Waals surface area contributed by atoms with Crippen LogP contribution in [0.1, 0.15) is 34.1 Å². The molecule has 160 valence electrons. The van der Waals surface area contributed by atoms with Gasteiger partial charge in [0.1, 0.15) is 24.5 Å². The molecule has 0 saturated heterocycles. The Bertz CT molecular complexity index is 600. The van der Waals surface area contributed by atoms with Gasteiger partial charge in [0.15, 0.2) is 6.29 Å². The first-order chi connectivity index (χ1) is 13.2. The summed E-state index contributed by atoms with van der Waals surface area (Å²) in [6.45, 7) is 12.4. The van der Waals surface area contributed by atoms with Crippen LogP contribution in [0, 0.1) is 0 Å². The van der Waals surface area contributed by atoms with Gasteiger partial charge >= 0.3 is 0 Å². The lowest BCUT2D eigenvalue weighted by molar-refractivity contribution is -0.145. The van der Waals surface area contributed by atoms with E-state index in [-0.39, 0.29) is 19.2 Å². The normalized spacial score (nSPS) is 22.1. The summed E-state index contributed by atoms with van der Waals surface area (Å²) >= 11 is 5.93. The second-order valence-corrected chi connectivity index (χ2v) is 7.27. The van der Waals surface area contributed by atoms with Crippen molar-refractivity contribution in [3.8, 4) is 0 Å². The number of aliphatic hydroxyl groups excluding tert-OH is 1. The molecule has 0 spiro atoms. The molecule has 0 amide bonds. The summed E-state index contributed by atoms with van der Waals surface area (Å²) in [6, 6.07) is 0. The summed E-state index contributed by atoms with van der Waals surface area (Å²) in [5.74, 6) is 0. The summed E-state index contributed by atoms with van der Waals surface area (Å²) in [5.41, 5.74) is 8.35. The molecular formula is C21H34ClNO5. The van der Waals surface area contributed by atoms with Crippen molar-refractivity contribution >= 4 is 11.6 Å². The molecule has 0 aliphatic heterocycles. The number of alkyl halides is 1. The van der Waals surface area contributed by atoms with Crippen LogP contribution in [0.2, 0.25) is 0 Å². The number of aliphatic hydroxyl groups is 1. The number of halogens is 1. The van der Waals surface area contributed by atoms with E-state index in [0.29, 0.717) is 18.6 Å². The third kappa shape index (κ3) is 7.79. The number of hydrogen-bond donors (Lipinski definition) is 2. The smallest absolute Gasteiger partial charge is 0.155 e. The molecule has 0 radical (unpaired) electrons. The molecule has 1 rings (SSSR count). The summed E-state index contributed by atoms with van der Waals surface area (Å²) < 4.78 is 21.6. The predicted molar refractivity (Wildman–Crippen MR) is 112 cm³/mol. The molecule has 0 saturated carbocycles. The van der Waals surface area contributed by atoms with Crippen molar-refractivity contribution in [1.29, 1.82) is 0 Å². The van der Waals surface area contributed by atoms with E-state index in [1.807, 2.05) is 33.8 Å². The number of ether oxygens (including phenoxy) is 4. The van der Waals surface area contributed by atoms with Gasteiger partial charge in [0, 0.05) is 13.7 Å². The third-order valence-electron chi connectivity index (χ3n) is 4.41. The van der Waals surface area contributed by atoms with E-state index in [9.17, 15) is 5.11 Å². The van der Waals surface area contributed by atoms with Crippen LogP contribution >= 0.6 is 11.6 Å². The molecule has 5 atom stereocenters. The van der Waals surface area contributed by atoms with E-state index in [0.717, 1.165) is 16.7 Å². The van der Waals surface area contributed by atoms with E-state index < -0.39 is 17.7 Å². The van der Waals surface area contributed by atoms with E-state index >= 15 is 0 Å². The van der Waals surface area contributed by atoms with Gasteiger partial charge in [-0.3, -0.25) is 0 Å². The fourth-order valence-electron chi connectivity index (χ4n) is 3.13. The molecule has 0 heterocycles. The Balaban J connectivity index is 2.81. The quantitative estimate of drug-likeness (QED) is 0.220. The van der Waals surface area contributed by atoms with E-state index in [1.54, 1.807) is 12.2 Å². The van der Waals surface area contributed by atoms with Crippen LogP contribution in [0.15, 0.2) is 47.1 Å². The van der Waals surface area contributed by atoms with Crippen molar-refractivity contribution in [3.05, 3.63) is 47.1 Å². The highest BCUT2D eigenvalue weighted by Crippen LogP contribution is 2.32. The van der Waals surface area contributed by atoms with Crippen LogP contribution in [-0.4, -0.2) is 55.7 Å². The molecule has 0 bridgehead atoms. The zero-order chi connectivity index (χ0) is 21.3. The Kier molecular flexibility index (Phi) is 11.2. The first-order valence-corrected chi connectivity index (χ1v) is 9.85. The molecule has 0 fully saturated rings. The van der Waals surface area contributed by atoms with Gasteiger partial charge in [-0.25, -0.2) is 0 Å². The fraction of sp³-hybridized carbons (Fsp3) is 0.619. The SMILES string of the molecule is C=C(/C=C\C(OCOC)C(N)Cl)C(O)C1=C(C)CC(OC(C)OCC)C=C1C. The van der Waals surface area contributed by atoms with Crippen molar-refractivity contribution in [1.82, 2.24) is 0 Å². The molecule has 6 nitrogen and oxygen atoms in total. The maximum atomic E-state index is 10.8. The van der Waals surface area contributed by atoms with Gasteiger partial charge in [0.25, 0.3) is 0 Å². The van der Waals surface area contributed by atoms with Crippen LogP contribution in [-0.2, 0) is 18.9 Å². The van der Waals surface area contributed by atoms with Gasteiger partial charge in [-0.15, -0.1) is 11.6 Å². The van der Waals surface area contributed by atoms with Gasteiger partial charge < -0.3 is 29.8 Å². The minimum atomic E-state index is -0.840. The van der Waals surface area contributed by atoms with Gasteiger partial charge in [0.2, 0.25) is 0 Å². The second kappa shape index (κ2) is 12.5. The summed E-state index contributed by atoms with van der Waals surface area (Å²) in [5, 5.41) is 10.8. The summed E-state index contributed by atoms with van der Waals surface area (Å²) in [7, 11) is 1.52. The number of hydrogen-bond acceptors (Lipinski definition) is 6.